The van der Waals surface area contributed by atoms with Crippen molar-refractivity contribution in [1.29, 1.82) is 0 Å². The highest BCUT2D eigenvalue weighted by atomic mass is 35.5. The Balaban J connectivity index is 1.83. The number of hydrogen-bond donors (Lipinski definition) is 0. The maximum absolute atomic E-state index is 13.4. The average Bonchev–Trinajstić information content (AvgIpc) is 2.84. The van der Waals surface area contributed by atoms with Crippen LogP contribution in [0, 0.1) is 13.8 Å². The molecule has 1 saturated heterocycles. The average molecular weight is 496 g/mol. The number of nitrogens with zero attached hydrogens (tertiary/aromatic N) is 5. The van der Waals surface area contributed by atoms with E-state index >= 15 is 0 Å². The van der Waals surface area contributed by atoms with Crippen molar-refractivity contribution >= 4 is 23.4 Å². The van der Waals surface area contributed by atoms with E-state index < -0.39 is 17.2 Å². The SMILES string of the molecule is CC(=O)N1CCN(C(=O)c2nn(-c3ccc(C)c(C)c3)c(=O)n(Cc3ccccc3Cl)c2=O)CC1. The first-order valence-corrected chi connectivity index (χ1v) is 11.6. The minimum Gasteiger partial charge on any atom is -0.339 e. The molecule has 0 unspecified atom stereocenters. The van der Waals surface area contributed by atoms with Gasteiger partial charge in [-0.05, 0) is 48.7 Å². The molecule has 9 nitrogen and oxygen atoms in total. The van der Waals surface area contributed by atoms with E-state index in [-0.39, 0.29) is 31.2 Å². The second kappa shape index (κ2) is 9.87. The summed E-state index contributed by atoms with van der Waals surface area (Å²) in [6, 6.07) is 12.3. The Bertz CT molecular complexity index is 1420. The molecule has 0 atom stereocenters. The Kier molecular flexibility index (Phi) is 6.88. The lowest BCUT2D eigenvalue weighted by Gasteiger charge is -2.33. The Morgan fingerprint density at radius 3 is 2.23 bits per heavy atom. The highest BCUT2D eigenvalue weighted by Gasteiger charge is 2.28. The summed E-state index contributed by atoms with van der Waals surface area (Å²) in [6.45, 7) is 6.50. The lowest BCUT2D eigenvalue weighted by atomic mass is 10.1. The number of amides is 2. The van der Waals surface area contributed by atoms with Crippen molar-refractivity contribution in [2.75, 3.05) is 26.2 Å². The molecule has 2 heterocycles. The Morgan fingerprint density at radius 1 is 0.943 bits per heavy atom. The summed E-state index contributed by atoms with van der Waals surface area (Å²) in [7, 11) is 0. The number of hydrogen-bond acceptors (Lipinski definition) is 5. The van der Waals surface area contributed by atoms with E-state index in [9.17, 15) is 19.2 Å². The first kappa shape index (κ1) is 24.4. The van der Waals surface area contributed by atoms with Gasteiger partial charge in [-0.25, -0.2) is 4.79 Å². The fourth-order valence-corrected chi connectivity index (χ4v) is 4.18. The predicted octanol–water partition coefficient (Wildman–Crippen LogP) is 2.02. The first-order chi connectivity index (χ1) is 16.7. The smallest absolute Gasteiger partial charge is 0.339 e. The summed E-state index contributed by atoms with van der Waals surface area (Å²) in [4.78, 5) is 55.0. The van der Waals surface area contributed by atoms with Crippen LogP contribution in [0.25, 0.3) is 5.69 Å². The highest BCUT2D eigenvalue weighted by Crippen LogP contribution is 2.16. The number of aryl methyl sites for hydroxylation is 2. The van der Waals surface area contributed by atoms with Crippen molar-refractivity contribution in [2.24, 2.45) is 0 Å². The molecule has 10 heteroatoms. The van der Waals surface area contributed by atoms with Crippen LogP contribution in [0.3, 0.4) is 0 Å². The number of piperazine rings is 1. The quantitative estimate of drug-likeness (QED) is 0.551. The van der Waals surface area contributed by atoms with Crippen LogP contribution in [0.15, 0.2) is 52.1 Å². The number of rotatable bonds is 4. The second-order valence-electron chi connectivity index (χ2n) is 8.59. The van der Waals surface area contributed by atoms with Crippen LogP contribution >= 0.6 is 11.6 Å². The van der Waals surface area contributed by atoms with Crippen molar-refractivity contribution in [3.63, 3.8) is 0 Å². The third-order valence-electron chi connectivity index (χ3n) is 6.30. The molecule has 2 aromatic carbocycles. The van der Waals surface area contributed by atoms with Gasteiger partial charge >= 0.3 is 5.69 Å². The fraction of sp³-hybridized carbons (Fsp3) is 0.320. The van der Waals surface area contributed by atoms with E-state index in [4.69, 9.17) is 11.6 Å². The van der Waals surface area contributed by atoms with E-state index in [1.165, 1.54) is 11.8 Å². The summed E-state index contributed by atoms with van der Waals surface area (Å²) in [5, 5.41) is 4.64. The molecule has 0 N–H and O–H groups in total. The van der Waals surface area contributed by atoms with Crippen LogP contribution in [-0.2, 0) is 11.3 Å². The lowest BCUT2D eigenvalue weighted by Crippen LogP contribution is -2.52. The van der Waals surface area contributed by atoms with Gasteiger partial charge in [-0.3, -0.25) is 19.0 Å². The topological polar surface area (TPSA) is 97.5 Å². The molecular formula is C25H26ClN5O4. The maximum Gasteiger partial charge on any atom is 0.352 e. The van der Waals surface area contributed by atoms with Gasteiger partial charge in [0.2, 0.25) is 11.6 Å². The van der Waals surface area contributed by atoms with Crippen molar-refractivity contribution < 1.29 is 9.59 Å². The molecule has 0 bridgehead atoms. The molecule has 1 fully saturated rings. The van der Waals surface area contributed by atoms with E-state index in [1.54, 1.807) is 41.3 Å². The van der Waals surface area contributed by atoms with Gasteiger partial charge in [-0.1, -0.05) is 35.9 Å². The van der Waals surface area contributed by atoms with Gasteiger partial charge in [0.25, 0.3) is 11.5 Å². The van der Waals surface area contributed by atoms with E-state index in [0.717, 1.165) is 20.4 Å². The fourth-order valence-electron chi connectivity index (χ4n) is 3.98. The zero-order chi connectivity index (χ0) is 25.3. The summed E-state index contributed by atoms with van der Waals surface area (Å²) in [6.07, 6.45) is 0. The summed E-state index contributed by atoms with van der Waals surface area (Å²) in [5.74, 6) is -0.649. The van der Waals surface area contributed by atoms with Gasteiger partial charge in [0.05, 0.1) is 12.2 Å². The minimum absolute atomic E-state index is 0.0689. The van der Waals surface area contributed by atoms with Gasteiger partial charge in [0.15, 0.2) is 0 Å². The number of aromatic nitrogens is 3. The lowest BCUT2D eigenvalue weighted by molar-refractivity contribution is -0.130. The summed E-state index contributed by atoms with van der Waals surface area (Å²) >= 11 is 6.29. The Morgan fingerprint density at radius 2 is 1.60 bits per heavy atom. The van der Waals surface area contributed by atoms with Crippen molar-refractivity contribution in [1.82, 2.24) is 24.1 Å². The normalized spacial score (nSPS) is 13.7. The molecule has 35 heavy (non-hydrogen) atoms. The van der Waals surface area contributed by atoms with Gasteiger partial charge in [0.1, 0.15) is 0 Å². The minimum atomic E-state index is -0.783. The summed E-state index contributed by atoms with van der Waals surface area (Å²) in [5.41, 5.74) is 1.18. The molecule has 0 aliphatic carbocycles. The molecule has 0 saturated carbocycles. The predicted molar refractivity (Wildman–Crippen MR) is 132 cm³/mol. The van der Waals surface area contributed by atoms with Gasteiger partial charge in [-0.2, -0.15) is 9.78 Å². The standard InChI is InChI=1S/C25H26ClN5O4/c1-16-8-9-20(14-17(16)2)31-25(35)30(15-19-6-4-5-7-21(19)26)24(34)22(27-31)23(33)29-12-10-28(11-13-29)18(3)32/h4-9,14H,10-13,15H2,1-3H3. The molecule has 2 amide bonds. The van der Waals surface area contributed by atoms with Crippen LogP contribution in [0.2, 0.25) is 5.02 Å². The zero-order valence-corrected chi connectivity index (χ0v) is 20.6. The monoisotopic (exact) mass is 495 g/mol. The van der Waals surface area contributed by atoms with Gasteiger partial charge < -0.3 is 9.80 Å². The van der Waals surface area contributed by atoms with Gasteiger partial charge in [-0.15, -0.1) is 0 Å². The van der Waals surface area contributed by atoms with Crippen LogP contribution in [0.1, 0.15) is 34.1 Å². The Labute approximate surface area is 207 Å². The number of halogens is 1. The van der Waals surface area contributed by atoms with E-state index in [1.807, 2.05) is 19.9 Å². The van der Waals surface area contributed by atoms with Crippen LogP contribution in [0.4, 0.5) is 0 Å². The molecule has 182 valence electrons. The maximum atomic E-state index is 13.4. The largest absolute Gasteiger partial charge is 0.352 e. The number of carbonyl (C=O) groups is 2. The first-order valence-electron chi connectivity index (χ1n) is 11.3. The third kappa shape index (κ3) is 4.90. The van der Waals surface area contributed by atoms with E-state index in [0.29, 0.717) is 29.4 Å². The van der Waals surface area contributed by atoms with Gasteiger partial charge in [0, 0.05) is 38.1 Å². The summed E-state index contributed by atoms with van der Waals surface area (Å²) < 4.78 is 2.08. The van der Waals surface area contributed by atoms with Crippen LogP contribution in [-0.4, -0.2) is 62.1 Å². The van der Waals surface area contributed by atoms with Crippen LogP contribution in [0.5, 0.6) is 0 Å². The zero-order valence-electron chi connectivity index (χ0n) is 19.8. The second-order valence-corrected chi connectivity index (χ2v) is 9.00. The van der Waals surface area contributed by atoms with Crippen molar-refractivity contribution in [3.05, 3.63) is 90.7 Å². The third-order valence-corrected chi connectivity index (χ3v) is 6.66. The molecule has 3 aromatic rings. The highest BCUT2D eigenvalue weighted by molar-refractivity contribution is 6.31. The molecule has 1 aromatic heterocycles. The van der Waals surface area contributed by atoms with Crippen LogP contribution < -0.4 is 11.2 Å². The number of benzene rings is 2. The van der Waals surface area contributed by atoms with Crippen molar-refractivity contribution in [3.8, 4) is 5.69 Å². The molecule has 1 aliphatic heterocycles. The van der Waals surface area contributed by atoms with Crippen molar-refractivity contribution in [2.45, 2.75) is 27.3 Å². The molecule has 0 spiro atoms. The Hall–Kier alpha value is -3.72. The van der Waals surface area contributed by atoms with E-state index in [2.05, 4.69) is 5.10 Å². The molecule has 4 rings (SSSR count). The molecule has 0 radical (unpaired) electrons. The molecular weight excluding hydrogens is 470 g/mol. The molecule has 1 aliphatic rings. The number of carbonyl (C=O) groups excluding carboxylic acids is 2.